The molecule has 250 valence electrons. The van der Waals surface area contributed by atoms with E-state index in [1.807, 2.05) is 19.9 Å². The summed E-state index contributed by atoms with van der Waals surface area (Å²) >= 11 is 0. The Kier molecular flexibility index (Phi) is 11.1. The number of methoxy groups -OCH3 is 1. The molecule has 1 unspecified atom stereocenters. The van der Waals surface area contributed by atoms with Crippen molar-refractivity contribution in [2.24, 2.45) is 0 Å². The van der Waals surface area contributed by atoms with Crippen LogP contribution in [0.3, 0.4) is 0 Å². The summed E-state index contributed by atoms with van der Waals surface area (Å²) in [6, 6.07) is 9.07. The number of ether oxygens (including phenoxy) is 4. The Morgan fingerprint density at radius 2 is 1.52 bits per heavy atom. The molecule has 1 heterocycles. The van der Waals surface area contributed by atoms with E-state index in [0.717, 1.165) is 16.1 Å². The minimum Gasteiger partial charge on any atom is -0.496 e. The second kappa shape index (κ2) is 14.2. The molecule has 0 aliphatic carbocycles. The molecule has 1 aliphatic rings. The molecule has 2 aromatic rings. The monoisotopic (exact) mass is 639 g/mol. The van der Waals surface area contributed by atoms with Crippen LogP contribution in [0.4, 0.5) is 9.59 Å². The first-order chi connectivity index (χ1) is 21.4. The van der Waals surface area contributed by atoms with Gasteiger partial charge in [0.15, 0.2) is 0 Å². The Morgan fingerprint density at radius 1 is 0.891 bits per heavy atom. The van der Waals surface area contributed by atoms with Gasteiger partial charge in [0, 0.05) is 23.2 Å². The van der Waals surface area contributed by atoms with Gasteiger partial charge in [0.25, 0.3) is 11.8 Å². The summed E-state index contributed by atoms with van der Waals surface area (Å²) in [4.78, 5) is 69.0. The van der Waals surface area contributed by atoms with Crippen LogP contribution in [0, 0.1) is 20.8 Å². The molecule has 12 nitrogen and oxygen atoms in total. The number of hydrogen-bond acceptors (Lipinski definition) is 9. The lowest BCUT2D eigenvalue weighted by atomic mass is 10.0. The number of likely N-dealkylation sites (tertiary alicyclic amines) is 1. The molecule has 46 heavy (non-hydrogen) atoms. The second-order valence-corrected chi connectivity index (χ2v) is 13.2. The normalized spacial score (nSPS) is 14.7. The van der Waals surface area contributed by atoms with Gasteiger partial charge in [0.05, 0.1) is 12.6 Å². The highest BCUT2D eigenvalue weighted by atomic mass is 16.7. The number of benzene rings is 2. The molecule has 0 radical (unpaired) electrons. The van der Waals surface area contributed by atoms with Crippen molar-refractivity contribution in [3.63, 3.8) is 0 Å². The third-order valence-electron chi connectivity index (χ3n) is 7.13. The first-order valence-electron chi connectivity index (χ1n) is 15.1. The maximum Gasteiger partial charge on any atom is 0.439 e. The van der Waals surface area contributed by atoms with Crippen molar-refractivity contribution < 1.29 is 42.9 Å². The van der Waals surface area contributed by atoms with Gasteiger partial charge in [-0.15, -0.1) is 5.01 Å². The van der Waals surface area contributed by atoms with E-state index in [1.54, 1.807) is 72.7 Å². The Bertz CT molecular complexity index is 1470. The molecule has 0 saturated carbocycles. The van der Waals surface area contributed by atoms with E-state index in [2.05, 4.69) is 0 Å². The summed E-state index contributed by atoms with van der Waals surface area (Å²) in [6.07, 6.45) is -1.00. The van der Waals surface area contributed by atoms with Gasteiger partial charge < -0.3 is 18.9 Å². The van der Waals surface area contributed by atoms with E-state index < -0.39 is 53.9 Å². The molecule has 1 atom stereocenters. The highest BCUT2D eigenvalue weighted by Gasteiger charge is 2.42. The van der Waals surface area contributed by atoms with Crippen molar-refractivity contribution >= 4 is 30.0 Å². The van der Waals surface area contributed by atoms with Gasteiger partial charge in [-0.3, -0.25) is 14.5 Å². The zero-order valence-corrected chi connectivity index (χ0v) is 28.4. The van der Waals surface area contributed by atoms with Crippen LogP contribution in [0.25, 0.3) is 0 Å². The quantitative estimate of drug-likeness (QED) is 0.214. The predicted octanol–water partition coefficient (Wildman–Crippen LogP) is 5.96. The highest BCUT2D eigenvalue weighted by molar-refractivity contribution is 6.07. The lowest BCUT2D eigenvalue weighted by Crippen LogP contribution is -2.60. The molecule has 3 rings (SSSR count). The largest absolute Gasteiger partial charge is 0.496 e. The number of esters is 1. The van der Waals surface area contributed by atoms with Crippen LogP contribution in [0.2, 0.25) is 0 Å². The van der Waals surface area contributed by atoms with Gasteiger partial charge in [-0.1, -0.05) is 23.3 Å². The molecule has 4 amide bonds. The standard InChI is InChI=1S/C34H45N3O9/c1-21-17-22(2)19-24(18-21)28(38)37(33(4,5)6)36(29(39)25-13-11-15-27(43-10)23(25)3)32(42)45-20-44-30(40)26-14-12-16-35(26)31(41)46-34(7,8)9/h11,13,15,17-19,26H,12,14,16,20H2,1-10H3. The number of imide groups is 1. The summed E-state index contributed by atoms with van der Waals surface area (Å²) in [7, 11) is 1.45. The van der Waals surface area contributed by atoms with Gasteiger partial charge in [0.1, 0.15) is 17.4 Å². The van der Waals surface area contributed by atoms with Gasteiger partial charge in [-0.25, -0.2) is 19.4 Å². The maximum atomic E-state index is 14.2. The van der Waals surface area contributed by atoms with Gasteiger partial charge >= 0.3 is 18.2 Å². The number of carbonyl (C=O) groups is 5. The average Bonchev–Trinajstić information content (AvgIpc) is 3.44. The SMILES string of the molecule is COc1cccc(C(=O)N(C(=O)OCOC(=O)C2CCCN2C(=O)OC(C)(C)C)N(C(=O)c2cc(C)cc(C)c2)C(C)(C)C)c1C. The van der Waals surface area contributed by atoms with Crippen molar-refractivity contribution in [3.05, 3.63) is 64.2 Å². The Labute approximate surface area is 270 Å². The first kappa shape index (κ1) is 35.9. The second-order valence-electron chi connectivity index (χ2n) is 13.2. The molecule has 12 heteroatoms. The van der Waals surface area contributed by atoms with Crippen molar-refractivity contribution in [1.29, 1.82) is 0 Å². The number of hydrazine groups is 1. The molecule has 1 fully saturated rings. The summed E-state index contributed by atoms with van der Waals surface area (Å²) in [5.74, 6) is -1.87. The van der Waals surface area contributed by atoms with Crippen LogP contribution in [0.5, 0.6) is 5.75 Å². The van der Waals surface area contributed by atoms with Crippen LogP contribution in [0.1, 0.15) is 91.8 Å². The lowest BCUT2D eigenvalue weighted by molar-refractivity contribution is -0.158. The molecule has 1 saturated heterocycles. The number of carbonyl (C=O) groups excluding carboxylic acids is 5. The summed E-state index contributed by atoms with van der Waals surface area (Å²) in [6.45, 7) is 14.9. The van der Waals surface area contributed by atoms with Gasteiger partial charge in [-0.2, -0.15) is 0 Å². The fraction of sp³-hybridized carbons (Fsp3) is 0.500. The van der Waals surface area contributed by atoms with Crippen LogP contribution in [-0.2, 0) is 19.0 Å². The summed E-state index contributed by atoms with van der Waals surface area (Å²) in [5.41, 5.74) is 0.570. The number of amides is 4. The van der Waals surface area contributed by atoms with Crippen LogP contribution < -0.4 is 4.74 Å². The smallest absolute Gasteiger partial charge is 0.439 e. The van der Waals surface area contributed by atoms with Crippen molar-refractivity contribution in [1.82, 2.24) is 14.9 Å². The van der Waals surface area contributed by atoms with E-state index in [0.29, 0.717) is 35.7 Å². The third kappa shape index (κ3) is 8.55. The number of aryl methyl sites for hydroxylation is 2. The Morgan fingerprint density at radius 3 is 2.09 bits per heavy atom. The van der Waals surface area contributed by atoms with E-state index in [1.165, 1.54) is 18.1 Å². The Hall–Kier alpha value is -4.61. The summed E-state index contributed by atoms with van der Waals surface area (Å²) < 4.78 is 21.4. The van der Waals surface area contributed by atoms with E-state index in [4.69, 9.17) is 18.9 Å². The Balaban J connectivity index is 1.93. The predicted molar refractivity (Wildman–Crippen MR) is 169 cm³/mol. The van der Waals surface area contributed by atoms with Gasteiger partial charge in [0.2, 0.25) is 6.79 Å². The molecule has 2 aromatic carbocycles. The van der Waals surface area contributed by atoms with E-state index >= 15 is 0 Å². The van der Waals surface area contributed by atoms with Crippen LogP contribution >= 0.6 is 0 Å². The fourth-order valence-electron chi connectivity index (χ4n) is 5.20. The van der Waals surface area contributed by atoms with E-state index in [9.17, 15) is 24.0 Å². The molecule has 0 aromatic heterocycles. The molecular weight excluding hydrogens is 594 g/mol. The average molecular weight is 640 g/mol. The van der Waals surface area contributed by atoms with Crippen molar-refractivity contribution in [2.45, 2.75) is 92.3 Å². The zero-order valence-electron chi connectivity index (χ0n) is 28.4. The number of nitrogens with zero attached hydrogens (tertiary/aromatic N) is 3. The van der Waals surface area contributed by atoms with E-state index in [-0.39, 0.29) is 11.1 Å². The molecule has 0 bridgehead atoms. The molecule has 0 N–H and O–H groups in total. The van der Waals surface area contributed by atoms with Crippen LogP contribution in [-0.4, -0.2) is 82.5 Å². The third-order valence-corrected chi connectivity index (χ3v) is 7.13. The zero-order chi connectivity index (χ0) is 34.6. The van der Waals surface area contributed by atoms with Crippen molar-refractivity contribution in [3.8, 4) is 5.75 Å². The molecular formula is C34H45N3O9. The maximum absolute atomic E-state index is 14.2. The number of rotatable bonds is 6. The number of hydrogen-bond donors (Lipinski definition) is 0. The molecule has 1 aliphatic heterocycles. The lowest BCUT2D eigenvalue weighted by Gasteiger charge is -2.41. The minimum atomic E-state index is -1.25. The first-order valence-corrected chi connectivity index (χ1v) is 15.1. The van der Waals surface area contributed by atoms with Crippen LogP contribution in [0.15, 0.2) is 36.4 Å². The minimum absolute atomic E-state index is 0.0923. The van der Waals surface area contributed by atoms with Gasteiger partial charge in [-0.05, 0) is 99.4 Å². The van der Waals surface area contributed by atoms with Crippen molar-refractivity contribution in [2.75, 3.05) is 20.4 Å². The highest BCUT2D eigenvalue weighted by Crippen LogP contribution is 2.28. The molecule has 0 spiro atoms. The fourth-order valence-corrected chi connectivity index (χ4v) is 5.20. The summed E-state index contributed by atoms with van der Waals surface area (Å²) in [5, 5.41) is 1.66. The topological polar surface area (TPSA) is 132 Å².